The van der Waals surface area contributed by atoms with Crippen LogP contribution in [0.15, 0.2) is 48.7 Å². The van der Waals surface area contributed by atoms with Gasteiger partial charge in [0, 0.05) is 31.3 Å². The third-order valence-corrected chi connectivity index (χ3v) is 5.79. The summed E-state index contributed by atoms with van der Waals surface area (Å²) in [5.41, 5.74) is -0.275. The highest BCUT2D eigenvalue weighted by Gasteiger charge is 2.71. The highest BCUT2D eigenvalue weighted by molar-refractivity contribution is 5.48. The lowest BCUT2D eigenvalue weighted by Crippen LogP contribution is -2.23. The van der Waals surface area contributed by atoms with Gasteiger partial charge in [-0.15, -0.1) is 0 Å². The van der Waals surface area contributed by atoms with Crippen molar-refractivity contribution in [3.05, 3.63) is 59.8 Å². The van der Waals surface area contributed by atoms with Gasteiger partial charge >= 0.3 is 6.18 Å². The molecule has 2 heterocycles. The van der Waals surface area contributed by atoms with Crippen molar-refractivity contribution in [2.24, 2.45) is 11.3 Å². The molecule has 1 aromatic carbocycles. The zero-order chi connectivity index (χ0) is 18.5. The molecular weight excluding hydrogens is 345 g/mol. The number of β-amino-alcohol motifs (C(OH)–C–C–N with tert-alkyl or cyclic N) is 1. The Morgan fingerprint density at radius 3 is 2.58 bits per heavy atom. The van der Waals surface area contributed by atoms with Crippen LogP contribution in [0.25, 0.3) is 0 Å². The highest BCUT2D eigenvalue weighted by Crippen LogP contribution is 2.68. The Labute approximate surface area is 148 Å². The number of alkyl halides is 3. The number of anilines is 1. The van der Waals surface area contributed by atoms with Gasteiger partial charge in [-0.05, 0) is 29.5 Å². The van der Waals surface area contributed by atoms with Crippen LogP contribution in [-0.4, -0.2) is 41.0 Å². The first-order valence-corrected chi connectivity index (χ1v) is 8.50. The molecule has 1 aliphatic heterocycles. The maximum atomic E-state index is 13.0. The molecule has 2 N–H and O–H groups in total. The number of hydrogen-bond acceptors (Lipinski definition) is 4. The molecule has 1 aromatic heterocycles. The summed E-state index contributed by atoms with van der Waals surface area (Å²) in [6.45, 7) is 0.502. The molecule has 2 fully saturated rings. The highest BCUT2D eigenvalue weighted by atomic mass is 19.4. The van der Waals surface area contributed by atoms with Crippen LogP contribution >= 0.6 is 0 Å². The molecule has 0 amide bonds. The Hall–Kier alpha value is -2.12. The van der Waals surface area contributed by atoms with E-state index in [4.69, 9.17) is 0 Å². The third kappa shape index (κ3) is 2.57. The Morgan fingerprint density at radius 2 is 1.92 bits per heavy atom. The third-order valence-electron chi connectivity index (χ3n) is 5.79. The summed E-state index contributed by atoms with van der Waals surface area (Å²) in [5, 5.41) is 20.5. The van der Waals surface area contributed by atoms with Gasteiger partial charge in [-0.3, -0.25) is 0 Å². The van der Waals surface area contributed by atoms with Crippen LogP contribution < -0.4 is 4.90 Å². The first-order valence-electron chi connectivity index (χ1n) is 8.50. The van der Waals surface area contributed by atoms with E-state index in [1.54, 1.807) is 4.90 Å². The van der Waals surface area contributed by atoms with Crippen molar-refractivity contribution in [1.82, 2.24) is 4.98 Å². The van der Waals surface area contributed by atoms with Crippen LogP contribution in [0.2, 0.25) is 0 Å². The smallest absolute Gasteiger partial charge is 0.396 e. The molecule has 4 atom stereocenters. The molecule has 0 unspecified atom stereocenters. The predicted octanol–water partition coefficient (Wildman–Crippen LogP) is 2.67. The first-order chi connectivity index (χ1) is 12.4. The van der Waals surface area contributed by atoms with E-state index in [0.717, 1.165) is 23.9 Å². The van der Waals surface area contributed by atoms with Crippen LogP contribution in [0, 0.1) is 11.3 Å². The number of hydrogen-bond donors (Lipinski definition) is 2. The number of nitrogens with zero attached hydrogens (tertiary/aromatic N) is 2. The van der Waals surface area contributed by atoms with Crippen molar-refractivity contribution in [2.75, 3.05) is 24.6 Å². The van der Waals surface area contributed by atoms with E-state index in [2.05, 4.69) is 4.98 Å². The van der Waals surface area contributed by atoms with Gasteiger partial charge < -0.3 is 15.1 Å². The fourth-order valence-corrected chi connectivity index (χ4v) is 4.51. The van der Waals surface area contributed by atoms with Gasteiger partial charge in [0.15, 0.2) is 0 Å². The van der Waals surface area contributed by atoms with E-state index in [1.165, 1.54) is 0 Å². The van der Waals surface area contributed by atoms with Crippen molar-refractivity contribution >= 4 is 5.82 Å². The summed E-state index contributed by atoms with van der Waals surface area (Å²) < 4.78 is 38.9. The number of pyridine rings is 1. The Kier molecular flexibility index (Phi) is 3.96. The van der Waals surface area contributed by atoms with Crippen LogP contribution in [0.4, 0.5) is 19.0 Å². The van der Waals surface area contributed by atoms with Crippen molar-refractivity contribution in [3.63, 3.8) is 0 Å². The van der Waals surface area contributed by atoms with E-state index >= 15 is 0 Å². The molecule has 26 heavy (non-hydrogen) atoms. The zero-order valence-corrected chi connectivity index (χ0v) is 13.9. The maximum Gasteiger partial charge on any atom is 0.416 e. The molecular formula is C19H19F3N2O2. The van der Waals surface area contributed by atoms with Gasteiger partial charge in [0.1, 0.15) is 5.82 Å². The number of benzene rings is 1. The second kappa shape index (κ2) is 5.96. The maximum absolute atomic E-state index is 13.0. The topological polar surface area (TPSA) is 56.6 Å². The summed E-state index contributed by atoms with van der Waals surface area (Å²) in [6, 6.07) is 11.6. The molecule has 2 aromatic rings. The lowest BCUT2D eigenvalue weighted by atomic mass is 9.95. The minimum Gasteiger partial charge on any atom is -0.396 e. The fourth-order valence-electron chi connectivity index (χ4n) is 4.51. The minimum atomic E-state index is -4.44. The molecule has 1 saturated heterocycles. The quantitative estimate of drug-likeness (QED) is 0.879. The Balaban J connectivity index is 1.63. The fraction of sp³-hybridized carbons (Fsp3) is 0.421. The van der Waals surface area contributed by atoms with Gasteiger partial charge in [-0.2, -0.15) is 13.2 Å². The summed E-state index contributed by atoms with van der Waals surface area (Å²) >= 11 is 0. The zero-order valence-electron chi connectivity index (χ0n) is 13.9. The molecule has 138 valence electrons. The summed E-state index contributed by atoms with van der Waals surface area (Å²) in [7, 11) is 0. The average molecular weight is 364 g/mol. The lowest BCUT2D eigenvalue weighted by molar-refractivity contribution is -0.137. The van der Waals surface area contributed by atoms with E-state index < -0.39 is 23.3 Å². The van der Waals surface area contributed by atoms with Crippen LogP contribution in [0.1, 0.15) is 17.0 Å². The Bertz CT molecular complexity index is 799. The van der Waals surface area contributed by atoms with Gasteiger partial charge in [0.25, 0.3) is 0 Å². The number of aliphatic hydroxyl groups is 2. The molecule has 1 spiro atoms. The number of aliphatic hydroxyl groups excluding tert-OH is 2. The number of halogens is 3. The van der Waals surface area contributed by atoms with E-state index in [1.807, 2.05) is 30.3 Å². The largest absolute Gasteiger partial charge is 0.416 e. The second-order valence-electron chi connectivity index (χ2n) is 7.09. The summed E-state index contributed by atoms with van der Waals surface area (Å²) in [5.74, 6) is 0.0707. The van der Waals surface area contributed by atoms with Crippen LogP contribution in [0.5, 0.6) is 0 Å². The van der Waals surface area contributed by atoms with Gasteiger partial charge in [-0.25, -0.2) is 4.98 Å². The van der Waals surface area contributed by atoms with Gasteiger partial charge in [0.2, 0.25) is 0 Å². The monoisotopic (exact) mass is 364 g/mol. The van der Waals surface area contributed by atoms with E-state index in [9.17, 15) is 23.4 Å². The van der Waals surface area contributed by atoms with Crippen molar-refractivity contribution < 1.29 is 23.4 Å². The average Bonchev–Trinajstić information content (AvgIpc) is 3.16. The summed E-state index contributed by atoms with van der Waals surface area (Å²) in [6.07, 6.45) is -4.03. The number of aromatic nitrogens is 1. The van der Waals surface area contributed by atoms with Crippen LogP contribution in [-0.2, 0) is 6.18 Å². The lowest BCUT2D eigenvalue weighted by Gasteiger charge is -2.19. The SMILES string of the molecule is OC[C@@H]1[C@@H](c2ccccc2)[C@]12CN(c1cc(C(F)(F)F)ccn1)C[C@@H]2O. The molecule has 0 bridgehead atoms. The minimum absolute atomic E-state index is 0.0144. The molecule has 1 saturated carbocycles. The normalized spacial score (nSPS) is 30.8. The molecule has 4 nitrogen and oxygen atoms in total. The Morgan fingerprint density at radius 1 is 1.19 bits per heavy atom. The first kappa shape index (κ1) is 17.3. The molecule has 0 radical (unpaired) electrons. The van der Waals surface area contributed by atoms with Crippen molar-refractivity contribution in [1.29, 1.82) is 0 Å². The number of rotatable bonds is 3. The van der Waals surface area contributed by atoms with Crippen molar-refractivity contribution in [2.45, 2.75) is 18.2 Å². The van der Waals surface area contributed by atoms with Crippen molar-refractivity contribution in [3.8, 4) is 0 Å². The predicted molar refractivity (Wildman–Crippen MR) is 89.7 cm³/mol. The second-order valence-corrected chi connectivity index (χ2v) is 7.09. The van der Waals surface area contributed by atoms with E-state index in [-0.39, 0.29) is 30.8 Å². The standard InChI is InChI=1S/C19H19F3N2O2/c20-19(21,22)13-6-7-23-16(8-13)24-9-15(26)18(11-24)14(10-25)17(18)12-4-2-1-3-5-12/h1-8,14-15,17,25-26H,9-11H2/t14-,15+,17-,18-/m1/s1. The van der Waals surface area contributed by atoms with Gasteiger partial charge in [-0.1, -0.05) is 30.3 Å². The van der Waals surface area contributed by atoms with E-state index in [0.29, 0.717) is 6.54 Å². The molecule has 1 aliphatic carbocycles. The molecule has 4 rings (SSSR count). The van der Waals surface area contributed by atoms with Gasteiger partial charge in [0.05, 0.1) is 11.7 Å². The summed E-state index contributed by atoms with van der Waals surface area (Å²) in [4.78, 5) is 5.75. The molecule has 7 heteroatoms. The van der Waals surface area contributed by atoms with Crippen LogP contribution in [0.3, 0.4) is 0 Å². The molecule has 2 aliphatic rings.